The number of carboxylic acids is 1. The zero-order valence-electron chi connectivity index (χ0n) is 6.79. The predicted molar refractivity (Wildman–Crippen MR) is 43.3 cm³/mol. The van der Waals surface area contributed by atoms with Crippen LogP contribution in [0.3, 0.4) is 0 Å². The molecule has 0 bridgehead atoms. The van der Waals surface area contributed by atoms with E-state index in [2.05, 4.69) is 12.2 Å². The first-order valence-corrected chi connectivity index (χ1v) is 4.09. The summed E-state index contributed by atoms with van der Waals surface area (Å²) in [7, 11) is 0. The van der Waals surface area contributed by atoms with E-state index in [1.165, 1.54) is 0 Å². The number of aliphatic carboxylic acids is 1. The standard InChI is InChI=1S/C9H14O2/c1-7(9(10)11)8-5-3-2-4-6-8/h2-3,7-8H,4-6H2,1H3,(H,10,11). The first-order valence-electron chi connectivity index (χ1n) is 4.09. The van der Waals surface area contributed by atoms with Gasteiger partial charge in [0.15, 0.2) is 0 Å². The lowest BCUT2D eigenvalue weighted by Crippen LogP contribution is -2.21. The molecule has 0 aromatic rings. The van der Waals surface area contributed by atoms with Crippen molar-refractivity contribution in [2.75, 3.05) is 0 Å². The first kappa shape index (κ1) is 8.31. The summed E-state index contributed by atoms with van der Waals surface area (Å²) in [6.45, 7) is 1.80. The summed E-state index contributed by atoms with van der Waals surface area (Å²) in [6.07, 6.45) is 7.23. The van der Waals surface area contributed by atoms with Gasteiger partial charge >= 0.3 is 5.97 Å². The number of hydrogen-bond acceptors (Lipinski definition) is 1. The van der Waals surface area contributed by atoms with E-state index in [0.29, 0.717) is 5.92 Å². The predicted octanol–water partition coefficient (Wildman–Crippen LogP) is 2.06. The van der Waals surface area contributed by atoms with E-state index in [0.717, 1.165) is 19.3 Å². The van der Waals surface area contributed by atoms with E-state index in [-0.39, 0.29) is 5.92 Å². The largest absolute Gasteiger partial charge is 0.481 e. The van der Waals surface area contributed by atoms with Crippen molar-refractivity contribution >= 4 is 5.97 Å². The molecule has 2 atom stereocenters. The third-order valence-corrected chi connectivity index (χ3v) is 2.41. The third kappa shape index (κ3) is 2.07. The van der Waals surface area contributed by atoms with Gasteiger partial charge in [0.2, 0.25) is 0 Å². The van der Waals surface area contributed by atoms with Gasteiger partial charge in [0.05, 0.1) is 5.92 Å². The van der Waals surface area contributed by atoms with Crippen LogP contribution in [0.4, 0.5) is 0 Å². The van der Waals surface area contributed by atoms with Crippen LogP contribution >= 0.6 is 0 Å². The van der Waals surface area contributed by atoms with Gasteiger partial charge in [0.25, 0.3) is 0 Å². The van der Waals surface area contributed by atoms with E-state index in [4.69, 9.17) is 5.11 Å². The molecule has 1 aliphatic carbocycles. The fourth-order valence-corrected chi connectivity index (χ4v) is 1.47. The Hall–Kier alpha value is -0.790. The average Bonchev–Trinajstić information content (AvgIpc) is 2.05. The van der Waals surface area contributed by atoms with Crippen LogP contribution in [0, 0.1) is 11.8 Å². The summed E-state index contributed by atoms with van der Waals surface area (Å²) in [6, 6.07) is 0. The van der Waals surface area contributed by atoms with Gasteiger partial charge < -0.3 is 5.11 Å². The highest BCUT2D eigenvalue weighted by molar-refractivity contribution is 5.69. The summed E-state index contributed by atoms with van der Waals surface area (Å²) in [5.74, 6) is -0.484. The molecule has 0 aliphatic heterocycles. The Morgan fingerprint density at radius 3 is 2.82 bits per heavy atom. The van der Waals surface area contributed by atoms with Crippen LogP contribution in [0.25, 0.3) is 0 Å². The molecule has 1 aliphatic rings. The summed E-state index contributed by atoms with van der Waals surface area (Å²) in [4.78, 5) is 10.6. The molecule has 0 radical (unpaired) electrons. The Labute approximate surface area is 66.9 Å². The van der Waals surface area contributed by atoms with Crippen LogP contribution in [-0.2, 0) is 4.79 Å². The number of hydrogen-bond donors (Lipinski definition) is 1. The smallest absolute Gasteiger partial charge is 0.306 e. The van der Waals surface area contributed by atoms with Crippen molar-refractivity contribution in [1.82, 2.24) is 0 Å². The highest BCUT2D eigenvalue weighted by Crippen LogP contribution is 2.25. The molecule has 0 spiro atoms. The highest BCUT2D eigenvalue weighted by Gasteiger charge is 2.22. The Morgan fingerprint density at radius 2 is 2.36 bits per heavy atom. The van der Waals surface area contributed by atoms with Crippen molar-refractivity contribution in [2.45, 2.75) is 26.2 Å². The van der Waals surface area contributed by atoms with Crippen molar-refractivity contribution in [1.29, 1.82) is 0 Å². The second-order valence-corrected chi connectivity index (χ2v) is 3.17. The van der Waals surface area contributed by atoms with Gasteiger partial charge in [-0.2, -0.15) is 0 Å². The molecule has 0 heterocycles. The molecular formula is C9H14O2. The lowest BCUT2D eigenvalue weighted by molar-refractivity contribution is -0.143. The SMILES string of the molecule is CC(C(=O)O)C1CC=CCC1. The molecule has 0 fully saturated rings. The zero-order chi connectivity index (χ0) is 8.27. The van der Waals surface area contributed by atoms with E-state index < -0.39 is 5.97 Å². The average molecular weight is 154 g/mol. The van der Waals surface area contributed by atoms with Crippen LogP contribution in [0.1, 0.15) is 26.2 Å². The normalized spacial score (nSPS) is 26.5. The van der Waals surface area contributed by atoms with Gasteiger partial charge in [-0.25, -0.2) is 0 Å². The Morgan fingerprint density at radius 1 is 1.64 bits per heavy atom. The Balaban J connectivity index is 2.46. The molecule has 62 valence electrons. The maximum absolute atomic E-state index is 10.6. The lowest BCUT2D eigenvalue weighted by atomic mass is 9.84. The Bertz CT molecular complexity index is 172. The molecule has 0 aromatic carbocycles. The molecule has 0 saturated heterocycles. The molecule has 2 heteroatoms. The van der Waals surface area contributed by atoms with Crippen molar-refractivity contribution in [2.24, 2.45) is 11.8 Å². The van der Waals surface area contributed by atoms with Crippen LogP contribution in [0.15, 0.2) is 12.2 Å². The molecular weight excluding hydrogens is 140 g/mol. The van der Waals surface area contributed by atoms with Crippen LogP contribution in [-0.4, -0.2) is 11.1 Å². The molecule has 1 N–H and O–H groups in total. The number of carboxylic acid groups (broad SMARTS) is 1. The first-order chi connectivity index (χ1) is 5.22. The second kappa shape index (κ2) is 3.56. The van der Waals surface area contributed by atoms with Gasteiger partial charge in [-0.05, 0) is 25.2 Å². The van der Waals surface area contributed by atoms with Gasteiger partial charge in [-0.15, -0.1) is 0 Å². The topological polar surface area (TPSA) is 37.3 Å². The maximum Gasteiger partial charge on any atom is 0.306 e. The highest BCUT2D eigenvalue weighted by atomic mass is 16.4. The minimum atomic E-state index is -0.662. The minimum Gasteiger partial charge on any atom is -0.481 e. The van der Waals surface area contributed by atoms with E-state index in [9.17, 15) is 4.79 Å². The summed E-state index contributed by atoms with van der Waals surface area (Å²) < 4.78 is 0. The third-order valence-electron chi connectivity index (χ3n) is 2.41. The zero-order valence-corrected chi connectivity index (χ0v) is 6.79. The van der Waals surface area contributed by atoms with Crippen molar-refractivity contribution in [3.05, 3.63) is 12.2 Å². The number of rotatable bonds is 2. The van der Waals surface area contributed by atoms with Gasteiger partial charge in [0.1, 0.15) is 0 Å². The number of carbonyl (C=O) groups is 1. The van der Waals surface area contributed by atoms with Gasteiger partial charge in [-0.3, -0.25) is 4.79 Å². The summed E-state index contributed by atoms with van der Waals surface area (Å²) in [5.41, 5.74) is 0. The van der Waals surface area contributed by atoms with E-state index in [1.807, 2.05) is 0 Å². The van der Waals surface area contributed by atoms with Crippen LogP contribution in [0.5, 0.6) is 0 Å². The summed E-state index contributed by atoms with van der Waals surface area (Å²) >= 11 is 0. The Kier molecular flexibility index (Phi) is 2.69. The summed E-state index contributed by atoms with van der Waals surface area (Å²) in [5, 5.41) is 8.71. The quantitative estimate of drug-likeness (QED) is 0.618. The van der Waals surface area contributed by atoms with Crippen molar-refractivity contribution in [3.8, 4) is 0 Å². The van der Waals surface area contributed by atoms with Gasteiger partial charge in [0, 0.05) is 0 Å². The minimum absolute atomic E-state index is 0.181. The van der Waals surface area contributed by atoms with Crippen LogP contribution in [0.2, 0.25) is 0 Å². The van der Waals surface area contributed by atoms with Gasteiger partial charge in [-0.1, -0.05) is 19.1 Å². The molecule has 11 heavy (non-hydrogen) atoms. The monoisotopic (exact) mass is 154 g/mol. The van der Waals surface area contributed by atoms with Crippen molar-refractivity contribution in [3.63, 3.8) is 0 Å². The fourth-order valence-electron chi connectivity index (χ4n) is 1.47. The number of allylic oxidation sites excluding steroid dienone is 2. The molecule has 2 nitrogen and oxygen atoms in total. The van der Waals surface area contributed by atoms with E-state index in [1.54, 1.807) is 6.92 Å². The lowest BCUT2D eigenvalue weighted by Gasteiger charge is -2.21. The molecule has 0 amide bonds. The van der Waals surface area contributed by atoms with E-state index >= 15 is 0 Å². The van der Waals surface area contributed by atoms with Crippen molar-refractivity contribution < 1.29 is 9.90 Å². The molecule has 2 unspecified atom stereocenters. The maximum atomic E-state index is 10.6. The fraction of sp³-hybridized carbons (Fsp3) is 0.667. The van der Waals surface area contributed by atoms with Crippen LogP contribution < -0.4 is 0 Å². The molecule has 0 aromatic heterocycles. The second-order valence-electron chi connectivity index (χ2n) is 3.17. The molecule has 0 saturated carbocycles. The molecule has 1 rings (SSSR count).